The van der Waals surface area contributed by atoms with E-state index in [2.05, 4.69) is 13.8 Å². The maximum atomic E-state index is 12.1. The number of amides is 1. The quantitative estimate of drug-likeness (QED) is 0.872. The van der Waals surface area contributed by atoms with Gasteiger partial charge in [-0.3, -0.25) is 4.79 Å². The average Bonchev–Trinajstić information content (AvgIpc) is 2.37. The molecule has 4 heteroatoms. The fraction of sp³-hybridized carbons (Fsp3) is 0.429. The van der Waals surface area contributed by atoms with Crippen LogP contribution in [0, 0.1) is 5.92 Å². The fourth-order valence-corrected chi connectivity index (χ4v) is 1.69. The highest BCUT2D eigenvalue weighted by molar-refractivity contribution is 5.97. The molecular formula is C14H19NO3. The van der Waals surface area contributed by atoms with E-state index < -0.39 is 5.97 Å². The Bertz CT molecular complexity index is 442. The third-order valence-corrected chi connectivity index (χ3v) is 2.99. The Morgan fingerprint density at radius 2 is 1.94 bits per heavy atom. The molecule has 0 fully saturated rings. The van der Waals surface area contributed by atoms with Gasteiger partial charge in [0, 0.05) is 19.2 Å². The topological polar surface area (TPSA) is 57.6 Å². The lowest BCUT2D eigenvalue weighted by Gasteiger charge is -2.20. The smallest absolute Gasteiger partial charge is 0.335 e. The van der Waals surface area contributed by atoms with Crippen LogP contribution in [0.3, 0.4) is 0 Å². The van der Waals surface area contributed by atoms with Crippen LogP contribution in [0.1, 0.15) is 41.0 Å². The molecule has 1 amide bonds. The highest BCUT2D eigenvalue weighted by Gasteiger charge is 2.15. The molecule has 1 N–H and O–H groups in total. The highest BCUT2D eigenvalue weighted by atomic mass is 16.4. The summed E-state index contributed by atoms with van der Waals surface area (Å²) in [7, 11) is 1.74. The molecule has 0 heterocycles. The van der Waals surface area contributed by atoms with Crippen LogP contribution in [-0.4, -0.2) is 35.5 Å². The molecule has 98 valence electrons. The summed E-state index contributed by atoms with van der Waals surface area (Å²) >= 11 is 0. The molecule has 1 atom stereocenters. The number of carboxylic acid groups (broad SMARTS) is 1. The number of rotatable bonds is 5. The standard InChI is InChI=1S/C14H19NO3/c1-4-10(2)9-15(3)13(16)11-6-5-7-12(8-11)14(17)18/h5-8,10H,4,9H2,1-3H3,(H,17,18). The maximum absolute atomic E-state index is 12.1. The van der Waals surface area contributed by atoms with Crippen LogP contribution in [0.15, 0.2) is 24.3 Å². The number of nitrogens with zero attached hydrogens (tertiary/aromatic N) is 1. The lowest BCUT2D eigenvalue weighted by atomic mass is 10.1. The second-order valence-electron chi connectivity index (χ2n) is 4.59. The first kappa shape index (κ1) is 14.2. The van der Waals surface area contributed by atoms with Gasteiger partial charge >= 0.3 is 5.97 Å². The first-order valence-corrected chi connectivity index (χ1v) is 6.04. The largest absolute Gasteiger partial charge is 0.478 e. The summed E-state index contributed by atoms with van der Waals surface area (Å²) in [5.41, 5.74) is 0.554. The van der Waals surface area contributed by atoms with Crippen LogP contribution in [0.4, 0.5) is 0 Å². The van der Waals surface area contributed by atoms with Crippen molar-refractivity contribution < 1.29 is 14.7 Å². The number of benzene rings is 1. The summed E-state index contributed by atoms with van der Waals surface area (Å²) in [6.07, 6.45) is 1.01. The summed E-state index contributed by atoms with van der Waals surface area (Å²) in [5, 5.41) is 8.89. The molecule has 1 aromatic carbocycles. The van der Waals surface area contributed by atoms with Crippen LogP contribution in [0.5, 0.6) is 0 Å². The van der Waals surface area contributed by atoms with Crippen molar-refractivity contribution in [1.82, 2.24) is 4.90 Å². The summed E-state index contributed by atoms with van der Waals surface area (Å²) in [5.74, 6) is -0.728. The van der Waals surface area contributed by atoms with Crippen LogP contribution in [0.25, 0.3) is 0 Å². The van der Waals surface area contributed by atoms with Crippen LogP contribution >= 0.6 is 0 Å². The van der Waals surface area contributed by atoms with Crippen molar-refractivity contribution in [2.75, 3.05) is 13.6 Å². The predicted molar refractivity (Wildman–Crippen MR) is 69.8 cm³/mol. The van der Waals surface area contributed by atoms with Crippen LogP contribution in [0.2, 0.25) is 0 Å². The minimum atomic E-state index is -1.02. The van der Waals surface area contributed by atoms with Gasteiger partial charge in [-0.1, -0.05) is 26.3 Å². The molecule has 0 aromatic heterocycles. The molecule has 0 aliphatic heterocycles. The minimum Gasteiger partial charge on any atom is -0.478 e. The molecule has 18 heavy (non-hydrogen) atoms. The molecule has 0 aliphatic carbocycles. The van der Waals surface area contributed by atoms with Crippen molar-refractivity contribution in [3.05, 3.63) is 35.4 Å². The van der Waals surface area contributed by atoms with E-state index in [1.54, 1.807) is 24.1 Å². The first-order valence-electron chi connectivity index (χ1n) is 6.04. The van der Waals surface area contributed by atoms with Gasteiger partial charge in [0.2, 0.25) is 0 Å². The second kappa shape index (κ2) is 6.19. The van der Waals surface area contributed by atoms with E-state index in [-0.39, 0.29) is 11.5 Å². The SMILES string of the molecule is CCC(C)CN(C)C(=O)c1cccc(C(=O)O)c1. The molecular weight excluding hydrogens is 230 g/mol. The Hall–Kier alpha value is -1.84. The van der Waals surface area contributed by atoms with Crippen LogP contribution in [-0.2, 0) is 0 Å². The molecule has 0 spiro atoms. The molecule has 4 nitrogen and oxygen atoms in total. The second-order valence-corrected chi connectivity index (χ2v) is 4.59. The van der Waals surface area contributed by atoms with Crippen molar-refractivity contribution in [1.29, 1.82) is 0 Å². The molecule has 0 saturated heterocycles. The van der Waals surface area contributed by atoms with Gasteiger partial charge < -0.3 is 10.0 Å². The summed E-state index contributed by atoms with van der Waals surface area (Å²) in [6, 6.07) is 6.13. The number of aromatic carboxylic acids is 1. The lowest BCUT2D eigenvalue weighted by molar-refractivity contribution is 0.0697. The Kier molecular flexibility index (Phi) is 4.89. The predicted octanol–water partition coefficient (Wildman–Crippen LogP) is 2.50. The lowest BCUT2D eigenvalue weighted by Crippen LogP contribution is -2.31. The molecule has 1 unspecified atom stereocenters. The van der Waals surface area contributed by atoms with Gasteiger partial charge in [0.05, 0.1) is 5.56 Å². The van der Waals surface area contributed by atoms with E-state index in [9.17, 15) is 9.59 Å². The van der Waals surface area contributed by atoms with Gasteiger partial charge in [0.25, 0.3) is 5.91 Å². The van der Waals surface area contributed by atoms with E-state index >= 15 is 0 Å². The zero-order valence-electron chi connectivity index (χ0n) is 11.0. The van der Waals surface area contributed by atoms with E-state index in [0.717, 1.165) is 6.42 Å². The third kappa shape index (κ3) is 3.58. The van der Waals surface area contributed by atoms with Gasteiger partial charge in [0.1, 0.15) is 0 Å². The van der Waals surface area contributed by atoms with Gasteiger partial charge in [-0.15, -0.1) is 0 Å². The molecule has 1 aromatic rings. The average molecular weight is 249 g/mol. The number of carboxylic acids is 1. The van der Waals surface area contributed by atoms with Crippen molar-refractivity contribution in [3.8, 4) is 0 Å². The Labute approximate surface area is 107 Å². The van der Waals surface area contributed by atoms with Crippen molar-refractivity contribution in [2.45, 2.75) is 20.3 Å². The Morgan fingerprint density at radius 1 is 1.33 bits per heavy atom. The zero-order chi connectivity index (χ0) is 13.7. The third-order valence-electron chi connectivity index (χ3n) is 2.99. The fourth-order valence-electron chi connectivity index (χ4n) is 1.69. The number of carbonyl (C=O) groups is 2. The van der Waals surface area contributed by atoms with E-state index in [0.29, 0.717) is 18.0 Å². The van der Waals surface area contributed by atoms with Crippen molar-refractivity contribution >= 4 is 11.9 Å². The van der Waals surface area contributed by atoms with Gasteiger partial charge in [-0.25, -0.2) is 4.79 Å². The maximum Gasteiger partial charge on any atom is 0.335 e. The normalized spacial score (nSPS) is 11.9. The summed E-state index contributed by atoms with van der Waals surface area (Å²) in [4.78, 5) is 24.6. The van der Waals surface area contributed by atoms with Gasteiger partial charge in [0.15, 0.2) is 0 Å². The summed E-state index contributed by atoms with van der Waals surface area (Å²) < 4.78 is 0. The molecule has 1 rings (SSSR count). The highest BCUT2D eigenvalue weighted by Crippen LogP contribution is 2.10. The summed E-state index contributed by atoms with van der Waals surface area (Å²) in [6.45, 7) is 4.83. The van der Waals surface area contributed by atoms with Gasteiger partial charge in [-0.05, 0) is 24.1 Å². The number of hydrogen-bond acceptors (Lipinski definition) is 2. The number of hydrogen-bond donors (Lipinski definition) is 1. The van der Waals surface area contributed by atoms with Gasteiger partial charge in [-0.2, -0.15) is 0 Å². The van der Waals surface area contributed by atoms with E-state index in [1.165, 1.54) is 12.1 Å². The Morgan fingerprint density at radius 3 is 2.50 bits per heavy atom. The number of carbonyl (C=O) groups excluding carboxylic acids is 1. The molecule has 0 radical (unpaired) electrons. The van der Waals surface area contributed by atoms with Crippen molar-refractivity contribution in [3.63, 3.8) is 0 Å². The van der Waals surface area contributed by atoms with E-state index in [1.807, 2.05) is 0 Å². The van der Waals surface area contributed by atoms with Crippen molar-refractivity contribution in [2.24, 2.45) is 5.92 Å². The Balaban J connectivity index is 2.83. The first-order chi connectivity index (χ1) is 8.45. The van der Waals surface area contributed by atoms with E-state index in [4.69, 9.17) is 5.11 Å². The van der Waals surface area contributed by atoms with Crippen LogP contribution < -0.4 is 0 Å². The molecule has 0 saturated carbocycles. The molecule has 0 aliphatic rings. The monoisotopic (exact) mass is 249 g/mol. The molecule has 0 bridgehead atoms. The minimum absolute atomic E-state index is 0.137. The zero-order valence-corrected chi connectivity index (χ0v) is 11.0.